The van der Waals surface area contributed by atoms with Gasteiger partial charge >= 0.3 is 5.69 Å². The first-order valence-corrected chi connectivity index (χ1v) is 13.6. The summed E-state index contributed by atoms with van der Waals surface area (Å²) in [6.45, 7) is -0.448. The van der Waals surface area contributed by atoms with Crippen molar-refractivity contribution < 1.29 is 24.4 Å². The lowest BCUT2D eigenvalue weighted by Gasteiger charge is -2.39. The zero-order valence-corrected chi connectivity index (χ0v) is 22.8. The van der Waals surface area contributed by atoms with Crippen LogP contribution in [0.5, 0.6) is 11.5 Å². The second-order valence-corrected chi connectivity index (χ2v) is 10.7. The molecule has 3 aromatic carbocycles. The SMILES string of the molecule is COc1ccc(C(S[C@@H]2[C@H](O)[C@@H](CO)O[C@H]2n2ccc(=O)[nH]c2=O)(c2ccccc2)c2ccc(OC)cc2)cc1. The van der Waals surface area contributed by atoms with Gasteiger partial charge in [-0.3, -0.25) is 14.3 Å². The Morgan fingerprint density at radius 2 is 1.43 bits per heavy atom. The summed E-state index contributed by atoms with van der Waals surface area (Å²) in [5, 5.41) is 20.7. The summed E-state index contributed by atoms with van der Waals surface area (Å²) >= 11 is 1.41. The maximum atomic E-state index is 12.8. The molecule has 0 saturated carbocycles. The van der Waals surface area contributed by atoms with E-state index in [4.69, 9.17) is 14.2 Å². The molecule has 0 amide bonds. The number of methoxy groups -OCH3 is 2. The first kappa shape index (κ1) is 27.7. The van der Waals surface area contributed by atoms with Crippen LogP contribution in [0, 0.1) is 0 Å². The van der Waals surface area contributed by atoms with Gasteiger partial charge in [0.05, 0.1) is 36.9 Å². The van der Waals surface area contributed by atoms with Crippen molar-refractivity contribution >= 4 is 11.8 Å². The molecule has 2 heterocycles. The Kier molecular flexibility index (Phi) is 8.13. The lowest BCUT2D eigenvalue weighted by atomic mass is 9.84. The molecule has 5 rings (SSSR count). The Labute approximate surface area is 235 Å². The molecule has 1 saturated heterocycles. The second-order valence-electron chi connectivity index (χ2n) is 9.34. The van der Waals surface area contributed by atoms with E-state index in [1.807, 2.05) is 78.9 Å². The molecule has 9 nitrogen and oxygen atoms in total. The summed E-state index contributed by atoms with van der Waals surface area (Å²) in [5.41, 5.74) is 1.48. The maximum Gasteiger partial charge on any atom is 0.330 e. The van der Waals surface area contributed by atoms with E-state index < -0.39 is 46.3 Å². The van der Waals surface area contributed by atoms with Crippen LogP contribution in [0.3, 0.4) is 0 Å². The summed E-state index contributed by atoms with van der Waals surface area (Å²) in [7, 11) is 3.21. The molecule has 0 spiro atoms. The minimum absolute atomic E-state index is 0.448. The number of H-pyrrole nitrogens is 1. The average molecular weight is 563 g/mol. The highest BCUT2D eigenvalue weighted by molar-refractivity contribution is 8.01. The molecule has 0 aliphatic carbocycles. The van der Waals surface area contributed by atoms with E-state index in [-0.39, 0.29) is 0 Å². The summed E-state index contributed by atoms with van der Waals surface area (Å²) in [6, 6.07) is 26.4. The number of nitrogens with zero attached hydrogens (tertiary/aromatic N) is 1. The number of benzene rings is 3. The van der Waals surface area contributed by atoms with Crippen molar-refractivity contribution in [2.75, 3.05) is 20.8 Å². The van der Waals surface area contributed by atoms with Gasteiger partial charge in [-0.05, 0) is 41.0 Å². The number of nitrogens with one attached hydrogen (secondary N) is 1. The van der Waals surface area contributed by atoms with Gasteiger partial charge in [-0.25, -0.2) is 4.79 Å². The second kappa shape index (κ2) is 11.7. The van der Waals surface area contributed by atoms with Gasteiger partial charge in [0.15, 0.2) is 6.23 Å². The number of thioether (sulfide) groups is 1. The molecule has 40 heavy (non-hydrogen) atoms. The first-order chi connectivity index (χ1) is 19.4. The number of hydrogen-bond acceptors (Lipinski definition) is 8. The Morgan fingerprint density at radius 3 is 1.93 bits per heavy atom. The van der Waals surface area contributed by atoms with Crippen LogP contribution in [0.4, 0.5) is 0 Å². The molecular weight excluding hydrogens is 532 g/mol. The molecule has 0 bridgehead atoms. The van der Waals surface area contributed by atoms with Crippen molar-refractivity contribution in [3.63, 3.8) is 0 Å². The third-order valence-corrected chi connectivity index (χ3v) is 8.95. The number of rotatable bonds is 9. The van der Waals surface area contributed by atoms with E-state index in [9.17, 15) is 19.8 Å². The summed E-state index contributed by atoms with van der Waals surface area (Å²) < 4.78 is 17.2. The quantitative estimate of drug-likeness (QED) is 0.266. The molecule has 4 aromatic rings. The fraction of sp³-hybridized carbons (Fsp3) is 0.267. The van der Waals surface area contributed by atoms with E-state index in [2.05, 4.69) is 4.98 Å². The molecule has 10 heteroatoms. The molecule has 3 N–H and O–H groups in total. The van der Waals surface area contributed by atoms with Gasteiger partial charge in [-0.1, -0.05) is 54.6 Å². The van der Waals surface area contributed by atoms with Gasteiger partial charge < -0.3 is 24.4 Å². The van der Waals surface area contributed by atoms with E-state index in [1.54, 1.807) is 14.2 Å². The van der Waals surface area contributed by atoms with Crippen LogP contribution in [0.2, 0.25) is 0 Å². The molecule has 1 aromatic heterocycles. The van der Waals surface area contributed by atoms with Crippen LogP contribution in [0.1, 0.15) is 22.9 Å². The minimum atomic E-state index is -1.14. The van der Waals surface area contributed by atoms with Crippen LogP contribution < -0.4 is 20.7 Å². The highest BCUT2D eigenvalue weighted by Gasteiger charge is 2.51. The number of aromatic amines is 1. The Balaban J connectivity index is 1.74. The predicted molar refractivity (Wildman–Crippen MR) is 152 cm³/mol. The summed E-state index contributed by atoms with van der Waals surface area (Å²) in [5.74, 6) is 1.38. The largest absolute Gasteiger partial charge is 0.497 e. The molecule has 1 aliphatic rings. The Bertz CT molecular complexity index is 1490. The lowest BCUT2D eigenvalue weighted by Crippen LogP contribution is -2.39. The smallest absolute Gasteiger partial charge is 0.330 e. The normalized spacial score (nSPS) is 20.8. The third kappa shape index (κ3) is 5.06. The van der Waals surface area contributed by atoms with E-state index in [0.717, 1.165) is 16.7 Å². The number of aromatic nitrogens is 2. The molecule has 0 unspecified atom stereocenters. The predicted octanol–water partition coefficient (Wildman–Crippen LogP) is 2.90. The van der Waals surface area contributed by atoms with Crippen molar-refractivity contribution in [1.29, 1.82) is 0 Å². The lowest BCUT2D eigenvalue weighted by molar-refractivity contribution is -0.0457. The molecule has 1 fully saturated rings. The van der Waals surface area contributed by atoms with Crippen molar-refractivity contribution in [3.8, 4) is 11.5 Å². The van der Waals surface area contributed by atoms with Gasteiger partial charge in [0.2, 0.25) is 0 Å². The van der Waals surface area contributed by atoms with E-state index in [1.165, 1.54) is 28.6 Å². The zero-order valence-electron chi connectivity index (χ0n) is 22.0. The maximum absolute atomic E-state index is 12.8. The van der Waals surface area contributed by atoms with Gasteiger partial charge in [-0.15, -0.1) is 11.8 Å². The first-order valence-electron chi connectivity index (χ1n) is 12.7. The van der Waals surface area contributed by atoms with Crippen LogP contribution in [0.25, 0.3) is 0 Å². The topological polar surface area (TPSA) is 123 Å². The fourth-order valence-electron chi connectivity index (χ4n) is 5.08. The Hall–Kier alpha value is -3.83. The summed E-state index contributed by atoms with van der Waals surface area (Å²) in [4.78, 5) is 26.9. The molecule has 1 aliphatic heterocycles. The highest BCUT2D eigenvalue weighted by atomic mass is 32.2. The number of aliphatic hydroxyl groups is 2. The van der Waals surface area contributed by atoms with Crippen molar-refractivity contribution in [1.82, 2.24) is 9.55 Å². The van der Waals surface area contributed by atoms with Crippen LogP contribution in [-0.2, 0) is 9.48 Å². The van der Waals surface area contributed by atoms with E-state index >= 15 is 0 Å². The summed E-state index contributed by atoms with van der Waals surface area (Å²) in [6.07, 6.45) is -1.72. The van der Waals surface area contributed by atoms with Crippen molar-refractivity contribution in [2.45, 2.75) is 28.4 Å². The van der Waals surface area contributed by atoms with Crippen molar-refractivity contribution in [3.05, 3.63) is 129 Å². The monoisotopic (exact) mass is 562 g/mol. The van der Waals surface area contributed by atoms with Crippen LogP contribution in [-0.4, -0.2) is 58.0 Å². The molecule has 208 valence electrons. The number of hydrogen-bond donors (Lipinski definition) is 3. The van der Waals surface area contributed by atoms with Crippen molar-refractivity contribution in [2.24, 2.45) is 0 Å². The average Bonchev–Trinajstić information content (AvgIpc) is 3.30. The van der Waals surface area contributed by atoms with Crippen LogP contribution >= 0.6 is 11.8 Å². The fourth-order valence-corrected chi connectivity index (χ4v) is 6.93. The molecule has 0 radical (unpaired) electrons. The van der Waals surface area contributed by atoms with Gasteiger partial charge in [-0.2, -0.15) is 0 Å². The van der Waals surface area contributed by atoms with Gasteiger partial charge in [0.25, 0.3) is 5.56 Å². The van der Waals surface area contributed by atoms with Gasteiger partial charge in [0.1, 0.15) is 17.6 Å². The Morgan fingerprint density at radius 1 is 0.875 bits per heavy atom. The zero-order chi connectivity index (χ0) is 28.3. The standard InChI is InChI=1S/C30H30N2O7S/c1-37-22-12-8-20(9-13-22)30(19-6-4-3-5-7-19,21-10-14-23(38-2)15-11-21)40-27-26(35)24(18-33)39-28(27)32-17-16-25(34)31-29(32)36/h3-17,24,26-28,33,35H,18H2,1-2H3,(H,31,34,36)/t24-,26-,27-,28-/m1/s1. The highest BCUT2D eigenvalue weighted by Crippen LogP contribution is 2.54. The molecule has 4 atom stereocenters. The van der Waals surface area contributed by atoms with Crippen LogP contribution in [0.15, 0.2) is 101 Å². The van der Waals surface area contributed by atoms with Gasteiger partial charge in [0, 0.05) is 12.3 Å². The van der Waals surface area contributed by atoms with E-state index in [0.29, 0.717) is 11.5 Å². The molecular formula is C30H30N2O7S. The minimum Gasteiger partial charge on any atom is -0.497 e. The third-order valence-electron chi connectivity index (χ3n) is 7.10. The number of aliphatic hydroxyl groups excluding tert-OH is 2. The number of ether oxygens (including phenoxy) is 3.